The fourth-order valence-corrected chi connectivity index (χ4v) is 3.55. The molecule has 116 valence electrons. The van der Waals surface area contributed by atoms with Gasteiger partial charge < -0.3 is 10.2 Å². The van der Waals surface area contributed by atoms with E-state index in [1.54, 1.807) is 12.1 Å². The lowest BCUT2D eigenvalue weighted by Gasteiger charge is -2.23. The Hall–Kier alpha value is -1.23. The second-order valence-electron chi connectivity index (χ2n) is 5.84. The van der Waals surface area contributed by atoms with Crippen LogP contribution in [0.2, 0.25) is 0 Å². The second-order valence-corrected chi connectivity index (χ2v) is 7.65. The third kappa shape index (κ3) is 3.90. The summed E-state index contributed by atoms with van der Waals surface area (Å²) in [6.07, 6.45) is 0.954. The van der Waals surface area contributed by atoms with Gasteiger partial charge in [-0.25, -0.2) is 4.39 Å². The standard InChI is InChI=1S/C16H23FN2OS/c1-4-18-14-12(6-5-7-13(14)17)15(20)19-9-8-16(2,3)21-11-10-19/h5-7,18H,4,8-11H2,1-3H3. The summed E-state index contributed by atoms with van der Waals surface area (Å²) in [5.41, 5.74) is 0.753. The molecule has 1 aromatic carbocycles. The molecule has 1 heterocycles. The normalized spacial score (nSPS) is 18.2. The molecule has 1 aliphatic heterocycles. The SMILES string of the molecule is CCNc1c(F)cccc1C(=O)N1CCSC(C)(C)CC1. The van der Waals surface area contributed by atoms with Crippen LogP contribution in [0, 0.1) is 5.82 Å². The number of halogens is 1. The Morgan fingerprint density at radius 2 is 2.19 bits per heavy atom. The molecule has 1 N–H and O–H groups in total. The molecule has 0 aromatic heterocycles. The van der Waals surface area contributed by atoms with Crippen LogP contribution in [0.15, 0.2) is 18.2 Å². The molecule has 3 nitrogen and oxygen atoms in total. The number of anilines is 1. The van der Waals surface area contributed by atoms with Crippen molar-refractivity contribution in [2.75, 3.05) is 30.7 Å². The van der Waals surface area contributed by atoms with E-state index < -0.39 is 0 Å². The number of thioether (sulfide) groups is 1. The molecule has 1 saturated heterocycles. The molecule has 0 radical (unpaired) electrons. The second kappa shape index (κ2) is 6.69. The Labute approximate surface area is 130 Å². The minimum Gasteiger partial charge on any atom is -0.382 e. The van der Waals surface area contributed by atoms with Gasteiger partial charge in [0.1, 0.15) is 5.82 Å². The first kappa shape index (κ1) is 16.1. The number of carbonyl (C=O) groups is 1. The van der Waals surface area contributed by atoms with Gasteiger partial charge in [-0.05, 0) is 25.5 Å². The Balaban J connectivity index is 2.22. The van der Waals surface area contributed by atoms with Crippen LogP contribution in [0.4, 0.5) is 10.1 Å². The van der Waals surface area contributed by atoms with Crippen LogP contribution in [-0.4, -0.2) is 40.9 Å². The molecular weight excluding hydrogens is 287 g/mol. The monoisotopic (exact) mass is 310 g/mol. The quantitative estimate of drug-likeness (QED) is 0.925. The van der Waals surface area contributed by atoms with E-state index in [1.807, 2.05) is 23.6 Å². The molecule has 0 saturated carbocycles. The summed E-state index contributed by atoms with van der Waals surface area (Å²) < 4.78 is 14.1. The minimum atomic E-state index is -0.368. The molecule has 0 spiro atoms. The average molecular weight is 310 g/mol. The molecule has 1 aromatic rings. The molecule has 1 amide bonds. The Kier molecular flexibility index (Phi) is 5.14. The Morgan fingerprint density at radius 3 is 2.90 bits per heavy atom. The molecule has 5 heteroatoms. The number of nitrogens with one attached hydrogen (secondary N) is 1. The molecule has 0 aliphatic carbocycles. The van der Waals surface area contributed by atoms with Gasteiger partial charge in [0.2, 0.25) is 0 Å². The third-order valence-corrected chi connectivity index (χ3v) is 5.09. The summed E-state index contributed by atoms with van der Waals surface area (Å²) >= 11 is 1.89. The summed E-state index contributed by atoms with van der Waals surface area (Å²) in [4.78, 5) is 14.6. The number of nitrogens with zero attached hydrogens (tertiary/aromatic N) is 1. The summed E-state index contributed by atoms with van der Waals surface area (Å²) in [6.45, 7) is 8.33. The van der Waals surface area contributed by atoms with Crippen molar-refractivity contribution < 1.29 is 9.18 Å². The van der Waals surface area contributed by atoms with Gasteiger partial charge >= 0.3 is 0 Å². The fraction of sp³-hybridized carbons (Fsp3) is 0.562. The number of para-hydroxylation sites is 1. The number of hydrogen-bond acceptors (Lipinski definition) is 3. The molecule has 2 rings (SSSR count). The van der Waals surface area contributed by atoms with Crippen LogP contribution in [0.1, 0.15) is 37.6 Å². The van der Waals surface area contributed by atoms with Gasteiger partial charge in [0, 0.05) is 30.1 Å². The molecule has 1 aliphatic rings. The van der Waals surface area contributed by atoms with E-state index in [9.17, 15) is 9.18 Å². The summed E-state index contributed by atoms with van der Waals surface area (Å²) in [7, 11) is 0. The zero-order chi connectivity index (χ0) is 15.5. The van der Waals surface area contributed by atoms with E-state index in [4.69, 9.17) is 0 Å². The molecule has 0 bridgehead atoms. The molecular formula is C16H23FN2OS. The largest absolute Gasteiger partial charge is 0.382 e. The third-order valence-electron chi connectivity index (χ3n) is 3.72. The van der Waals surface area contributed by atoms with Gasteiger partial charge in [0.25, 0.3) is 5.91 Å². The van der Waals surface area contributed by atoms with Crippen LogP contribution in [0.5, 0.6) is 0 Å². The van der Waals surface area contributed by atoms with Gasteiger partial charge in [0.05, 0.1) is 11.3 Å². The van der Waals surface area contributed by atoms with Crippen molar-refractivity contribution in [3.05, 3.63) is 29.6 Å². The van der Waals surface area contributed by atoms with E-state index in [0.29, 0.717) is 17.8 Å². The smallest absolute Gasteiger partial charge is 0.256 e. The highest BCUT2D eigenvalue weighted by Gasteiger charge is 2.27. The van der Waals surface area contributed by atoms with Crippen molar-refractivity contribution in [2.45, 2.75) is 31.9 Å². The van der Waals surface area contributed by atoms with Crippen molar-refractivity contribution in [1.29, 1.82) is 0 Å². The van der Waals surface area contributed by atoms with Crippen molar-refractivity contribution in [2.24, 2.45) is 0 Å². The Morgan fingerprint density at radius 1 is 1.43 bits per heavy atom. The maximum absolute atomic E-state index is 13.9. The van der Waals surface area contributed by atoms with E-state index >= 15 is 0 Å². The van der Waals surface area contributed by atoms with Gasteiger partial charge in [-0.1, -0.05) is 19.9 Å². The lowest BCUT2D eigenvalue weighted by molar-refractivity contribution is 0.0765. The van der Waals surface area contributed by atoms with E-state index in [2.05, 4.69) is 19.2 Å². The van der Waals surface area contributed by atoms with Crippen molar-refractivity contribution in [1.82, 2.24) is 4.90 Å². The van der Waals surface area contributed by atoms with Crippen LogP contribution < -0.4 is 5.32 Å². The van der Waals surface area contributed by atoms with Crippen molar-refractivity contribution in [3.8, 4) is 0 Å². The molecule has 1 fully saturated rings. The number of benzene rings is 1. The van der Waals surface area contributed by atoms with E-state index in [1.165, 1.54) is 6.07 Å². The number of rotatable bonds is 3. The summed E-state index contributed by atoms with van der Waals surface area (Å²) in [5, 5.41) is 2.97. The van der Waals surface area contributed by atoms with Crippen molar-refractivity contribution >= 4 is 23.4 Å². The lowest BCUT2D eigenvalue weighted by atomic mass is 10.1. The van der Waals surface area contributed by atoms with Crippen LogP contribution in [-0.2, 0) is 0 Å². The van der Waals surface area contributed by atoms with Crippen LogP contribution in [0.25, 0.3) is 0 Å². The highest BCUT2D eigenvalue weighted by molar-refractivity contribution is 8.00. The van der Waals surface area contributed by atoms with Gasteiger partial charge in [0.15, 0.2) is 0 Å². The highest BCUT2D eigenvalue weighted by atomic mass is 32.2. The van der Waals surface area contributed by atoms with E-state index in [0.717, 1.165) is 25.3 Å². The average Bonchev–Trinajstić information content (AvgIpc) is 2.61. The maximum Gasteiger partial charge on any atom is 0.256 e. The lowest BCUT2D eigenvalue weighted by Crippen LogP contribution is -2.34. The van der Waals surface area contributed by atoms with E-state index in [-0.39, 0.29) is 16.5 Å². The first-order valence-corrected chi connectivity index (χ1v) is 8.39. The Bertz CT molecular complexity index is 519. The highest BCUT2D eigenvalue weighted by Crippen LogP contribution is 2.31. The predicted octanol–water partition coefficient (Wildman–Crippen LogP) is 3.62. The number of amides is 1. The topological polar surface area (TPSA) is 32.3 Å². The summed E-state index contributed by atoms with van der Waals surface area (Å²) in [6, 6.07) is 4.68. The first-order valence-electron chi connectivity index (χ1n) is 7.40. The zero-order valence-corrected chi connectivity index (χ0v) is 13.7. The predicted molar refractivity (Wildman–Crippen MR) is 87.6 cm³/mol. The van der Waals surface area contributed by atoms with Gasteiger partial charge in [-0.15, -0.1) is 0 Å². The molecule has 0 atom stereocenters. The number of carbonyl (C=O) groups excluding carboxylic acids is 1. The summed E-state index contributed by atoms with van der Waals surface area (Å²) in [5.74, 6) is 0.473. The minimum absolute atomic E-state index is 0.0799. The van der Waals surface area contributed by atoms with Crippen LogP contribution >= 0.6 is 11.8 Å². The first-order chi connectivity index (χ1) is 9.94. The van der Waals surface area contributed by atoms with Gasteiger partial charge in [-0.3, -0.25) is 4.79 Å². The maximum atomic E-state index is 13.9. The molecule has 21 heavy (non-hydrogen) atoms. The molecule has 0 unspecified atom stereocenters. The zero-order valence-electron chi connectivity index (χ0n) is 12.9. The van der Waals surface area contributed by atoms with Crippen LogP contribution in [0.3, 0.4) is 0 Å². The fourth-order valence-electron chi connectivity index (χ4n) is 2.45. The van der Waals surface area contributed by atoms with Gasteiger partial charge in [-0.2, -0.15) is 11.8 Å². The number of hydrogen-bond donors (Lipinski definition) is 1. The van der Waals surface area contributed by atoms with Crippen molar-refractivity contribution in [3.63, 3.8) is 0 Å².